The zero-order chi connectivity index (χ0) is 2.71. The Balaban J connectivity index is -0.0000000200. The van der Waals surface area contributed by atoms with Gasteiger partial charge in [-0.3, -0.25) is 0 Å². The summed E-state index contributed by atoms with van der Waals surface area (Å²) in [6, 6.07) is 0. The monoisotopic (exact) mass is 222 g/mol. The first-order valence-corrected chi connectivity index (χ1v) is 1.41. The molecule has 0 N–H and O–H groups in total. The topological polar surface area (TPSA) is 0 Å². The Morgan fingerprint density at radius 1 is 1.00 bits per heavy atom. The summed E-state index contributed by atoms with van der Waals surface area (Å²) >= 11 is 0. The predicted molar refractivity (Wildman–Crippen MR) is 16.0 cm³/mol. The Bertz CT molecular complexity index is 4.85. The molecule has 0 saturated heterocycles. The van der Waals surface area contributed by atoms with Crippen LogP contribution in [0.4, 0.5) is 0 Å². The standard InChI is InChI=1S/C3H8.2Y/c1-3-2;;/h3H2,1-2H3;;. The molecule has 0 amide bonds. The van der Waals surface area contributed by atoms with E-state index in [0.29, 0.717) is 0 Å². The van der Waals surface area contributed by atoms with E-state index in [4.69, 9.17) is 0 Å². The first-order chi connectivity index (χ1) is 1.41. The van der Waals surface area contributed by atoms with Crippen molar-refractivity contribution in [3.8, 4) is 0 Å². The molecule has 0 aliphatic carbocycles. The molecule has 0 aromatic carbocycles. The van der Waals surface area contributed by atoms with Gasteiger partial charge in [0.05, 0.1) is 0 Å². The summed E-state index contributed by atoms with van der Waals surface area (Å²) in [7, 11) is 0. The van der Waals surface area contributed by atoms with Crippen molar-refractivity contribution in [1.82, 2.24) is 0 Å². The predicted octanol–water partition coefficient (Wildman–Crippen LogP) is 1.41. The fraction of sp³-hybridized carbons (Fsp3) is 1.00. The Morgan fingerprint density at radius 3 is 1.00 bits per heavy atom. The molecule has 0 aromatic rings. The number of hydrogen-bond acceptors (Lipinski definition) is 0. The first kappa shape index (κ1) is 15.7. The quantitative estimate of drug-likeness (QED) is 0.581. The van der Waals surface area contributed by atoms with Crippen LogP contribution in [0.2, 0.25) is 0 Å². The summed E-state index contributed by atoms with van der Waals surface area (Å²) in [4.78, 5) is 0. The molecule has 26 valence electrons. The minimum Gasteiger partial charge on any atom is -0.0656 e. The van der Waals surface area contributed by atoms with Gasteiger partial charge in [-0.05, 0) is 0 Å². The van der Waals surface area contributed by atoms with Crippen molar-refractivity contribution in [3.63, 3.8) is 0 Å². The minimum absolute atomic E-state index is 0. The SMILES string of the molecule is CCC.[Y].[Y]. The second-order valence-corrected chi connectivity index (χ2v) is 0.707. The van der Waals surface area contributed by atoms with Gasteiger partial charge in [-0.15, -0.1) is 0 Å². The van der Waals surface area contributed by atoms with E-state index in [1.807, 2.05) is 0 Å². The van der Waals surface area contributed by atoms with Gasteiger partial charge >= 0.3 is 0 Å². The summed E-state index contributed by atoms with van der Waals surface area (Å²) in [5.74, 6) is 0. The van der Waals surface area contributed by atoms with E-state index >= 15 is 0 Å². The summed E-state index contributed by atoms with van der Waals surface area (Å²) in [6.07, 6.45) is 1.25. The molecule has 0 aliphatic rings. The smallest absolute Gasteiger partial charge is 0 e. The molecule has 2 radical (unpaired) electrons. The van der Waals surface area contributed by atoms with E-state index in [0.717, 1.165) is 0 Å². The van der Waals surface area contributed by atoms with E-state index in [1.54, 1.807) is 0 Å². The maximum atomic E-state index is 2.12. The van der Waals surface area contributed by atoms with Crippen molar-refractivity contribution in [1.29, 1.82) is 0 Å². The van der Waals surface area contributed by atoms with Gasteiger partial charge in [0.2, 0.25) is 0 Å². The Morgan fingerprint density at radius 2 is 1.00 bits per heavy atom. The summed E-state index contributed by atoms with van der Waals surface area (Å²) in [5, 5.41) is 0. The number of hydrogen-bond donors (Lipinski definition) is 0. The van der Waals surface area contributed by atoms with Crippen LogP contribution in [-0.4, -0.2) is 0 Å². The molecule has 0 saturated carbocycles. The van der Waals surface area contributed by atoms with Crippen LogP contribution in [0.1, 0.15) is 20.3 Å². The third-order valence-electron chi connectivity index (χ3n) is 0. The van der Waals surface area contributed by atoms with Crippen LogP contribution in [-0.2, 0) is 65.4 Å². The van der Waals surface area contributed by atoms with Gasteiger partial charge < -0.3 is 0 Å². The van der Waals surface area contributed by atoms with Gasteiger partial charge in [-0.1, -0.05) is 20.3 Å². The van der Waals surface area contributed by atoms with Crippen molar-refractivity contribution in [2.24, 2.45) is 0 Å². The fourth-order valence-corrected chi connectivity index (χ4v) is 0. The largest absolute Gasteiger partial charge is 0.0656 e. The minimum atomic E-state index is 0. The second-order valence-electron chi connectivity index (χ2n) is 0.707. The molecule has 0 aromatic heterocycles. The molecular formula is C3H8Y2. The Kier molecular flexibility index (Phi) is 51.3. The van der Waals surface area contributed by atoms with Crippen LogP contribution in [0, 0.1) is 0 Å². The normalized spacial score (nSPS) is 3.60. The summed E-state index contributed by atoms with van der Waals surface area (Å²) in [6.45, 7) is 4.25. The van der Waals surface area contributed by atoms with E-state index in [2.05, 4.69) is 13.8 Å². The van der Waals surface area contributed by atoms with Crippen molar-refractivity contribution >= 4 is 0 Å². The van der Waals surface area contributed by atoms with Crippen molar-refractivity contribution in [3.05, 3.63) is 0 Å². The third-order valence-corrected chi connectivity index (χ3v) is 0. The van der Waals surface area contributed by atoms with Crippen LogP contribution in [0.5, 0.6) is 0 Å². The Labute approximate surface area is 84.2 Å². The second kappa shape index (κ2) is 16.4. The molecule has 2 heteroatoms. The van der Waals surface area contributed by atoms with Gasteiger partial charge in [0.1, 0.15) is 0 Å². The van der Waals surface area contributed by atoms with Crippen LogP contribution >= 0.6 is 0 Å². The third kappa shape index (κ3) is 22.5. The Hall–Kier alpha value is 2.21. The van der Waals surface area contributed by atoms with Crippen LogP contribution in [0.3, 0.4) is 0 Å². The molecule has 0 nitrogen and oxygen atoms in total. The van der Waals surface area contributed by atoms with Crippen molar-refractivity contribution in [2.45, 2.75) is 20.3 Å². The number of rotatable bonds is 0. The first-order valence-electron chi connectivity index (χ1n) is 1.41. The molecule has 0 atom stereocenters. The maximum absolute atomic E-state index is 2.12. The van der Waals surface area contributed by atoms with Crippen LogP contribution in [0.15, 0.2) is 0 Å². The molecule has 0 aliphatic heterocycles. The molecule has 0 spiro atoms. The zero-order valence-corrected chi connectivity index (χ0v) is 9.54. The van der Waals surface area contributed by atoms with E-state index in [-0.39, 0.29) is 65.4 Å². The molecule has 0 heterocycles. The van der Waals surface area contributed by atoms with Gasteiger partial charge in [0.25, 0.3) is 0 Å². The van der Waals surface area contributed by atoms with E-state index < -0.39 is 0 Å². The zero-order valence-electron chi connectivity index (χ0n) is 3.86. The van der Waals surface area contributed by atoms with E-state index in [9.17, 15) is 0 Å². The molecule has 0 fully saturated rings. The maximum Gasteiger partial charge on any atom is 0 e. The van der Waals surface area contributed by atoms with Crippen molar-refractivity contribution < 1.29 is 65.4 Å². The summed E-state index contributed by atoms with van der Waals surface area (Å²) < 4.78 is 0. The molecular weight excluding hydrogens is 214 g/mol. The molecule has 5 heavy (non-hydrogen) atoms. The van der Waals surface area contributed by atoms with E-state index in [1.165, 1.54) is 6.42 Å². The van der Waals surface area contributed by atoms with Crippen molar-refractivity contribution in [2.75, 3.05) is 0 Å². The molecule has 0 rings (SSSR count). The van der Waals surface area contributed by atoms with Gasteiger partial charge in [0.15, 0.2) is 0 Å². The van der Waals surface area contributed by atoms with Gasteiger partial charge in [-0.2, -0.15) is 0 Å². The van der Waals surface area contributed by atoms with Crippen LogP contribution < -0.4 is 0 Å². The average molecular weight is 222 g/mol. The molecule has 0 bridgehead atoms. The van der Waals surface area contributed by atoms with Crippen LogP contribution in [0.25, 0.3) is 0 Å². The average Bonchev–Trinajstić information content (AvgIpc) is 0.918. The van der Waals surface area contributed by atoms with Gasteiger partial charge in [-0.25, -0.2) is 0 Å². The summed E-state index contributed by atoms with van der Waals surface area (Å²) in [5.41, 5.74) is 0. The molecule has 0 unspecified atom stereocenters. The fourth-order valence-electron chi connectivity index (χ4n) is 0. The van der Waals surface area contributed by atoms with Gasteiger partial charge in [0, 0.05) is 65.4 Å².